The lowest BCUT2D eigenvalue weighted by Gasteiger charge is -2.44. The van der Waals surface area contributed by atoms with Crippen LogP contribution < -0.4 is 0 Å². The first kappa shape index (κ1) is 15.8. The van der Waals surface area contributed by atoms with Gasteiger partial charge in [-0.25, -0.2) is 0 Å². The lowest BCUT2D eigenvalue weighted by atomic mass is 9.79. The van der Waals surface area contributed by atoms with Crippen LogP contribution in [0.3, 0.4) is 0 Å². The summed E-state index contributed by atoms with van der Waals surface area (Å²) in [6, 6.07) is 3.07. The average molecular weight is 278 g/mol. The van der Waals surface area contributed by atoms with E-state index in [0.29, 0.717) is 6.04 Å². The van der Waals surface area contributed by atoms with Gasteiger partial charge in [-0.3, -0.25) is 9.80 Å². The molecule has 4 nitrogen and oxygen atoms in total. The fourth-order valence-corrected chi connectivity index (χ4v) is 3.56. The summed E-state index contributed by atoms with van der Waals surface area (Å²) in [6.07, 6.45) is 3.55. The minimum atomic E-state index is 0.263. The smallest absolute Gasteiger partial charge is 0.0672 e. The summed E-state index contributed by atoms with van der Waals surface area (Å²) in [4.78, 5) is 7.40. The minimum absolute atomic E-state index is 0.263. The molecule has 0 bridgehead atoms. The molecular weight excluding hydrogens is 248 g/mol. The monoisotopic (exact) mass is 278 g/mol. The van der Waals surface area contributed by atoms with Crippen LogP contribution >= 0.6 is 0 Å². The van der Waals surface area contributed by atoms with Gasteiger partial charge in [-0.05, 0) is 39.3 Å². The first-order chi connectivity index (χ1) is 9.60. The van der Waals surface area contributed by atoms with Crippen molar-refractivity contribution in [2.24, 2.45) is 11.8 Å². The Balaban J connectivity index is 1.81. The number of hydrogen-bond acceptors (Lipinski definition) is 4. The van der Waals surface area contributed by atoms with E-state index in [4.69, 9.17) is 0 Å². The quantitative estimate of drug-likeness (QED) is 0.780. The third-order valence-electron chi connectivity index (χ3n) is 4.98. The van der Waals surface area contributed by atoms with Gasteiger partial charge in [-0.1, -0.05) is 6.92 Å². The van der Waals surface area contributed by atoms with Gasteiger partial charge in [0.25, 0.3) is 0 Å². The number of hydrogen-bond donors (Lipinski definition) is 0. The first-order valence-corrected chi connectivity index (χ1v) is 8.11. The summed E-state index contributed by atoms with van der Waals surface area (Å²) in [5, 5.41) is 9.38. The molecule has 114 valence electrons. The maximum absolute atomic E-state index is 9.38. The van der Waals surface area contributed by atoms with E-state index in [1.54, 1.807) is 0 Å². The Morgan fingerprint density at radius 3 is 2.45 bits per heavy atom. The zero-order valence-corrected chi connectivity index (χ0v) is 13.4. The zero-order chi connectivity index (χ0) is 14.5. The molecule has 1 aliphatic heterocycles. The number of nitriles is 1. The first-order valence-electron chi connectivity index (χ1n) is 8.11. The molecule has 2 fully saturated rings. The molecular formula is C16H30N4. The molecule has 0 spiro atoms. The SMILES string of the molecule is CC1CCC(C#N)C(N2CCN(CCN(C)C)CC2)C1. The molecule has 3 atom stereocenters. The minimum Gasteiger partial charge on any atom is -0.308 e. The van der Waals surface area contributed by atoms with Crippen molar-refractivity contribution >= 4 is 0 Å². The van der Waals surface area contributed by atoms with Gasteiger partial charge in [-0.2, -0.15) is 5.26 Å². The normalized spacial score (nSPS) is 33.2. The molecule has 0 aromatic rings. The fourth-order valence-electron chi connectivity index (χ4n) is 3.56. The van der Waals surface area contributed by atoms with Crippen molar-refractivity contribution in [2.45, 2.75) is 32.2 Å². The van der Waals surface area contributed by atoms with Crippen LogP contribution in [0.4, 0.5) is 0 Å². The Morgan fingerprint density at radius 2 is 1.85 bits per heavy atom. The van der Waals surface area contributed by atoms with Crippen molar-refractivity contribution in [1.82, 2.24) is 14.7 Å². The highest BCUT2D eigenvalue weighted by Crippen LogP contribution is 2.32. The van der Waals surface area contributed by atoms with Crippen molar-refractivity contribution in [2.75, 3.05) is 53.4 Å². The molecule has 20 heavy (non-hydrogen) atoms. The second kappa shape index (κ2) is 7.40. The molecule has 1 saturated heterocycles. The molecule has 1 heterocycles. The predicted molar refractivity (Wildman–Crippen MR) is 82.5 cm³/mol. The fraction of sp³-hybridized carbons (Fsp3) is 0.938. The van der Waals surface area contributed by atoms with Crippen LogP contribution in [0, 0.1) is 23.2 Å². The predicted octanol–water partition coefficient (Wildman–Crippen LogP) is 1.49. The Labute approximate surface area is 124 Å². The summed E-state index contributed by atoms with van der Waals surface area (Å²) < 4.78 is 0. The number of nitrogens with zero attached hydrogens (tertiary/aromatic N) is 4. The number of likely N-dealkylation sites (N-methyl/N-ethyl adjacent to an activating group) is 1. The molecule has 4 heteroatoms. The molecule has 1 aliphatic carbocycles. The van der Waals surface area contributed by atoms with E-state index in [2.05, 4.69) is 41.8 Å². The second-order valence-corrected chi connectivity index (χ2v) is 6.90. The highest BCUT2D eigenvalue weighted by atomic mass is 15.3. The summed E-state index contributed by atoms with van der Waals surface area (Å²) in [7, 11) is 4.27. The average Bonchev–Trinajstić information content (AvgIpc) is 2.45. The molecule has 0 N–H and O–H groups in total. The van der Waals surface area contributed by atoms with E-state index in [1.807, 2.05) is 0 Å². The molecule has 2 rings (SSSR count). The Morgan fingerprint density at radius 1 is 1.15 bits per heavy atom. The van der Waals surface area contributed by atoms with E-state index >= 15 is 0 Å². The molecule has 0 aromatic carbocycles. The highest BCUT2D eigenvalue weighted by molar-refractivity contribution is 4.98. The van der Waals surface area contributed by atoms with Crippen LogP contribution in [0.2, 0.25) is 0 Å². The summed E-state index contributed by atoms with van der Waals surface area (Å²) in [5.41, 5.74) is 0. The van der Waals surface area contributed by atoms with Crippen LogP contribution in [-0.4, -0.2) is 74.1 Å². The van der Waals surface area contributed by atoms with Gasteiger partial charge in [0, 0.05) is 45.3 Å². The molecule has 1 saturated carbocycles. The van der Waals surface area contributed by atoms with Crippen molar-refractivity contribution in [1.29, 1.82) is 5.26 Å². The van der Waals surface area contributed by atoms with Crippen molar-refractivity contribution in [3.8, 4) is 6.07 Å². The van der Waals surface area contributed by atoms with E-state index in [-0.39, 0.29) is 5.92 Å². The summed E-state index contributed by atoms with van der Waals surface area (Å²) >= 11 is 0. The third-order valence-corrected chi connectivity index (χ3v) is 4.98. The Bertz CT molecular complexity index is 328. The molecule has 0 aromatic heterocycles. The molecule has 0 amide bonds. The largest absolute Gasteiger partial charge is 0.308 e. The van der Waals surface area contributed by atoms with E-state index in [9.17, 15) is 5.26 Å². The number of rotatable bonds is 4. The van der Waals surface area contributed by atoms with Gasteiger partial charge in [0.05, 0.1) is 12.0 Å². The van der Waals surface area contributed by atoms with Crippen LogP contribution in [0.25, 0.3) is 0 Å². The van der Waals surface area contributed by atoms with Crippen molar-refractivity contribution in [3.63, 3.8) is 0 Å². The molecule has 2 aliphatic rings. The van der Waals surface area contributed by atoms with Crippen molar-refractivity contribution < 1.29 is 0 Å². The topological polar surface area (TPSA) is 33.5 Å². The van der Waals surface area contributed by atoms with Crippen LogP contribution in [0.5, 0.6) is 0 Å². The zero-order valence-electron chi connectivity index (χ0n) is 13.4. The highest BCUT2D eigenvalue weighted by Gasteiger charge is 2.34. The lowest BCUT2D eigenvalue weighted by molar-refractivity contribution is 0.0498. The summed E-state index contributed by atoms with van der Waals surface area (Å²) in [5.74, 6) is 1.05. The van der Waals surface area contributed by atoms with E-state index in [1.165, 1.54) is 19.4 Å². The molecule has 0 radical (unpaired) electrons. The maximum Gasteiger partial charge on any atom is 0.0672 e. The Kier molecular flexibility index (Phi) is 5.83. The van der Waals surface area contributed by atoms with Gasteiger partial charge >= 0.3 is 0 Å². The maximum atomic E-state index is 9.38. The summed E-state index contributed by atoms with van der Waals surface area (Å²) in [6.45, 7) is 9.26. The van der Waals surface area contributed by atoms with Crippen LogP contribution in [-0.2, 0) is 0 Å². The standard InChI is InChI=1S/C16H30N4/c1-14-4-5-15(13-17)16(12-14)20-10-8-19(9-11-20)7-6-18(2)3/h14-16H,4-12H2,1-3H3. The van der Waals surface area contributed by atoms with Gasteiger partial charge in [0.15, 0.2) is 0 Å². The second-order valence-electron chi connectivity index (χ2n) is 6.90. The molecule has 3 unspecified atom stereocenters. The Hall–Kier alpha value is -0.630. The van der Waals surface area contributed by atoms with E-state index in [0.717, 1.165) is 45.1 Å². The lowest BCUT2D eigenvalue weighted by Crippen LogP contribution is -2.54. The third kappa shape index (κ3) is 4.18. The number of piperazine rings is 1. The van der Waals surface area contributed by atoms with Crippen molar-refractivity contribution in [3.05, 3.63) is 0 Å². The van der Waals surface area contributed by atoms with Gasteiger partial charge in [0.2, 0.25) is 0 Å². The van der Waals surface area contributed by atoms with Crippen LogP contribution in [0.1, 0.15) is 26.2 Å². The van der Waals surface area contributed by atoms with Crippen LogP contribution in [0.15, 0.2) is 0 Å². The van der Waals surface area contributed by atoms with Gasteiger partial charge in [-0.15, -0.1) is 0 Å². The van der Waals surface area contributed by atoms with Gasteiger partial charge in [0.1, 0.15) is 0 Å². The van der Waals surface area contributed by atoms with Gasteiger partial charge < -0.3 is 4.90 Å². The van der Waals surface area contributed by atoms with E-state index < -0.39 is 0 Å².